The molecule has 0 saturated carbocycles. The number of anilines is 1. The first kappa shape index (κ1) is 10.8. The molecule has 3 rings (SSSR count). The van der Waals surface area contributed by atoms with Crippen molar-refractivity contribution < 1.29 is 0 Å². The van der Waals surface area contributed by atoms with Gasteiger partial charge >= 0.3 is 0 Å². The number of para-hydroxylation sites is 1. The van der Waals surface area contributed by atoms with Gasteiger partial charge in [-0.3, -0.25) is 9.55 Å². The summed E-state index contributed by atoms with van der Waals surface area (Å²) in [5.41, 5.74) is 3.00. The molecule has 2 aromatic heterocycles. The highest BCUT2D eigenvalue weighted by atomic mass is 15.2. The lowest BCUT2D eigenvalue weighted by Gasteiger charge is -2.07. The summed E-state index contributed by atoms with van der Waals surface area (Å²) in [6.45, 7) is 1.98. The molecule has 0 aliphatic heterocycles. The minimum absolute atomic E-state index is 0.824. The third-order valence-corrected chi connectivity index (χ3v) is 2.90. The molecule has 0 spiro atoms. The first-order chi connectivity index (χ1) is 8.78. The second-order valence-corrected chi connectivity index (χ2v) is 4.21. The minimum atomic E-state index is 0.824. The number of fused-ring (bicyclic) bond motifs is 1. The predicted molar refractivity (Wildman–Crippen MR) is 73.1 cm³/mol. The first-order valence-corrected chi connectivity index (χ1v) is 5.87. The fourth-order valence-electron chi connectivity index (χ4n) is 2.06. The van der Waals surface area contributed by atoms with E-state index in [2.05, 4.69) is 27.4 Å². The van der Waals surface area contributed by atoms with Gasteiger partial charge in [-0.2, -0.15) is 0 Å². The van der Waals surface area contributed by atoms with Gasteiger partial charge in [0.25, 0.3) is 0 Å². The molecule has 18 heavy (non-hydrogen) atoms. The van der Waals surface area contributed by atoms with E-state index in [9.17, 15) is 0 Å². The van der Waals surface area contributed by atoms with E-state index in [4.69, 9.17) is 0 Å². The number of hydrogen-bond acceptors (Lipinski definition) is 3. The average molecular weight is 238 g/mol. The predicted octanol–water partition coefficient (Wildman–Crippen LogP) is 2.77. The Morgan fingerprint density at radius 3 is 2.89 bits per heavy atom. The van der Waals surface area contributed by atoms with Gasteiger partial charge in [0.15, 0.2) is 0 Å². The van der Waals surface area contributed by atoms with Crippen LogP contribution >= 0.6 is 0 Å². The highest BCUT2D eigenvalue weighted by Gasteiger charge is 2.06. The lowest BCUT2D eigenvalue weighted by Crippen LogP contribution is -2.00. The molecular weight excluding hydrogens is 224 g/mol. The maximum absolute atomic E-state index is 4.47. The fraction of sp³-hybridized carbons (Fsp3) is 0.143. The van der Waals surface area contributed by atoms with Crippen molar-refractivity contribution in [1.29, 1.82) is 0 Å². The summed E-state index contributed by atoms with van der Waals surface area (Å²) in [7, 11) is 1.87. The molecule has 90 valence electrons. The van der Waals surface area contributed by atoms with Gasteiger partial charge in [-0.25, -0.2) is 4.98 Å². The molecule has 0 aliphatic rings. The molecule has 0 fully saturated rings. The number of hydrogen-bond donors (Lipinski definition) is 1. The highest BCUT2D eigenvalue weighted by Crippen LogP contribution is 2.19. The Bertz CT molecular complexity index is 700. The average Bonchev–Trinajstić information content (AvgIpc) is 2.79. The maximum Gasteiger partial charge on any atom is 0.207 e. The van der Waals surface area contributed by atoms with Crippen LogP contribution in [0.3, 0.4) is 0 Å². The number of pyridine rings is 1. The van der Waals surface area contributed by atoms with Gasteiger partial charge in [0.1, 0.15) is 0 Å². The van der Waals surface area contributed by atoms with Crippen molar-refractivity contribution >= 4 is 16.9 Å². The van der Waals surface area contributed by atoms with E-state index in [1.165, 1.54) is 0 Å². The van der Waals surface area contributed by atoms with Crippen molar-refractivity contribution in [2.75, 3.05) is 12.4 Å². The normalized spacial score (nSPS) is 10.8. The Hall–Kier alpha value is -2.36. The monoisotopic (exact) mass is 238 g/mol. The van der Waals surface area contributed by atoms with Gasteiger partial charge in [0.05, 0.1) is 23.1 Å². The second kappa shape index (κ2) is 4.14. The fourth-order valence-corrected chi connectivity index (χ4v) is 2.06. The van der Waals surface area contributed by atoms with Gasteiger partial charge in [0.2, 0.25) is 5.95 Å². The van der Waals surface area contributed by atoms with Crippen LogP contribution in [0.5, 0.6) is 0 Å². The number of benzene rings is 1. The SMILES string of the molecule is CNc1nc(C)cn1-c1cnc2ccccc2c1. The first-order valence-electron chi connectivity index (χ1n) is 5.87. The van der Waals surface area contributed by atoms with Crippen LogP contribution in [0.15, 0.2) is 42.7 Å². The lowest BCUT2D eigenvalue weighted by molar-refractivity contribution is 1.05. The Balaban J connectivity index is 2.18. The summed E-state index contributed by atoms with van der Waals surface area (Å²) in [6.07, 6.45) is 3.86. The Morgan fingerprint density at radius 1 is 1.22 bits per heavy atom. The smallest absolute Gasteiger partial charge is 0.207 e. The van der Waals surface area contributed by atoms with E-state index in [1.54, 1.807) is 0 Å². The molecule has 0 amide bonds. The molecule has 0 unspecified atom stereocenters. The minimum Gasteiger partial charge on any atom is -0.358 e. The zero-order valence-electron chi connectivity index (χ0n) is 10.4. The number of nitrogens with one attached hydrogen (secondary N) is 1. The van der Waals surface area contributed by atoms with E-state index in [0.29, 0.717) is 0 Å². The Kier molecular flexibility index (Phi) is 2.48. The highest BCUT2D eigenvalue weighted by molar-refractivity contribution is 5.80. The largest absolute Gasteiger partial charge is 0.358 e. The van der Waals surface area contributed by atoms with Crippen molar-refractivity contribution in [2.24, 2.45) is 0 Å². The quantitative estimate of drug-likeness (QED) is 0.746. The zero-order valence-corrected chi connectivity index (χ0v) is 10.4. The summed E-state index contributed by atoms with van der Waals surface area (Å²) in [4.78, 5) is 8.88. The standard InChI is InChI=1S/C14H14N4/c1-10-9-18(14(15-2)17-10)12-7-11-5-3-4-6-13(11)16-8-12/h3-9H,1-2H3,(H,15,17). The molecule has 0 radical (unpaired) electrons. The zero-order chi connectivity index (χ0) is 12.5. The summed E-state index contributed by atoms with van der Waals surface area (Å²) >= 11 is 0. The van der Waals surface area contributed by atoms with Crippen molar-refractivity contribution in [2.45, 2.75) is 6.92 Å². The molecule has 4 nitrogen and oxygen atoms in total. The van der Waals surface area contributed by atoms with Crippen LogP contribution in [0.1, 0.15) is 5.69 Å². The van der Waals surface area contributed by atoms with Crippen LogP contribution < -0.4 is 5.32 Å². The number of rotatable bonds is 2. The number of nitrogens with zero attached hydrogens (tertiary/aromatic N) is 3. The second-order valence-electron chi connectivity index (χ2n) is 4.21. The third kappa shape index (κ3) is 1.72. The summed E-state index contributed by atoms with van der Waals surface area (Å²) < 4.78 is 2.01. The molecule has 1 N–H and O–H groups in total. The van der Waals surface area contributed by atoms with Crippen molar-refractivity contribution in [3.8, 4) is 5.69 Å². The van der Waals surface area contributed by atoms with Crippen LogP contribution in [-0.2, 0) is 0 Å². The summed E-state index contributed by atoms with van der Waals surface area (Å²) in [5.74, 6) is 0.824. The van der Waals surface area contributed by atoms with Gasteiger partial charge in [-0.1, -0.05) is 18.2 Å². The lowest BCUT2D eigenvalue weighted by atomic mass is 10.2. The van der Waals surface area contributed by atoms with Crippen LogP contribution in [0, 0.1) is 6.92 Å². The van der Waals surface area contributed by atoms with E-state index in [-0.39, 0.29) is 0 Å². The topological polar surface area (TPSA) is 42.7 Å². The van der Waals surface area contributed by atoms with Crippen molar-refractivity contribution in [3.63, 3.8) is 0 Å². The van der Waals surface area contributed by atoms with Gasteiger partial charge in [0, 0.05) is 18.6 Å². The van der Waals surface area contributed by atoms with Crippen LogP contribution in [0.2, 0.25) is 0 Å². The van der Waals surface area contributed by atoms with E-state index in [0.717, 1.165) is 28.2 Å². The Labute approximate surface area is 105 Å². The van der Waals surface area contributed by atoms with E-state index < -0.39 is 0 Å². The third-order valence-electron chi connectivity index (χ3n) is 2.90. The van der Waals surface area contributed by atoms with E-state index >= 15 is 0 Å². The maximum atomic E-state index is 4.47. The van der Waals surface area contributed by atoms with E-state index in [1.807, 2.05) is 49.1 Å². The van der Waals surface area contributed by atoms with Gasteiger partial charge in [-0.05, 0) is 19.1 Å². The molecule has 0 saturated heterocycles. The van der Waals surface area contributed by atoms with Crippen molar-refractivity contribution in [1.82, 2.24) is 14.5 Å². The Morgan fingerprint density at radius 2 is 2.06 bits per heavy atom. The molecule has 0 atom stereocenters. The molecule has 3 aromatic rings. The molecule has 0 aliphatic carbocycles. The number of aromatic nitrogens is 3. The molecule has 0 bridgehead atoms. The number of imidazole rings is 1. The van der Waals surface area contributed by atoms with Crippen molar-refractivity contribution in [3.05, 3.63) is 48.4 Å². The van der Waals surface area contributed by atoms with Crippen LogP contribution in [0.4, 0.5) is 5.95 Å². The summed E-state index contributed by atoms with van der Waals surface area (Å²) in [5, 5.41) is 4.22. The van der Waals surface area contributed by atoms with Crippen LogP contribution in [0.25, 0.3) is 16.6 Å². The molecule has 4 heteroatoms. The molecule has 2 heterocycles. The number of aryl methyl sites for hydroxylation is 1. The van der Waals surface area contributed by atoms with Crippen LogP contribution in [-0.4, -0.2) is 21.6 Å². The van der Waals surface area contributed by atoms with Gasteiger partial charge < -0.3 is 5.32 Å². The van der Waals surface area contributed by atoms with Gasteiger partial charge in [-0.15, -0.1) is 0 Å². The molecular formula is C14H14N4. The molecule has 1 aromatic carbocycles. The summed E-state index contributed by atoms with van der Waals surface area (Å²) in [6, 6.07) is 10.2.